The predicted molar refractivity (Wildman–Crippen MR) is 170 cm³/mol. The van der Waals surface area contributed by atoms with Crippen LogP contribution >= 0.6 is 15.9 Å². The molecule has 5 aromatic carbocycles. The van der Waals surface area contributed by atoms with Crippen molar-refractivity contribution in [3.05, 3.63) is 69.2 Å². The van der Waals surface area contributed by atoms with Gasteiger partial charge in [-0.15, -0.1) is 0 Å². The molecule has 5 aromatic rings. The molecule has 5 rings (SSSR count). The van der Waals surface area contributed by atoms with E-state index in [0.717, 1.165) is 0 Å². The van der Waals surface area contributed by atoms with Crippen molar-refractivity contribution in [2.24, 2.45) is 0 Å². The summed E-state index contributed by atoms with van der Waals surface area (Å²) >= 11 is 4.11. The monoisotopic (exact) mass is 554 g/mol. The van der Waals surface area contributed by atoms with Gasteiger partial charge >= 0.3 is 0 Å². The van der Waals surface area contributed by atoms with Crippen LogP contribution in [0.25, 0.3) is 43.1 Å². The molecule has 194 valence electrons. The summed E-state index contributed by atoms with van der Waals surface area (Å²) in [5.74, 6) is 0. The lowest BCUT2D eigenvalue weighted by atomic mass is 9.76. The van der Waals surface area contributed by atoms with Crippen LogP contribution in [0, 0.1) is 0 Å². The third-order valence-electron chi connectivity index (χ3n) is 8.20. The minimum atomic E-state index is 0.0263. The highest BCUT2D eigenvalue weighted by Crippen LogP contribution is 2.48. The maximum atomic E-state index is 4.11. The summed E-state index contributed by atoms with van der Waals surface area (Å²) in [4.78, 5) is 0. The van der Waals surface area contributed by atoms with Crippen LogP contribution in [0.15, 0.2) is 46.9 Å². The molecular weight excluding hydrogens is 512 g/mol. The normalized spacial score (nSPS) is 14.1. The molecule has 0 unspecified atom stereocenters. The van der Waals surface area contributed by atoms with E-state index in [4.69, 9.17) is 0 Å². The zero-order valence-electron chi connectivity index (χ0n) is 24.9. The molecule has 0 radical (unpaired) electrons. The largest absolute Gasteiger partial charge is 0.0561 e. The first-order valence-electron chi connectivity index (χ1n) is 13.7. The van der Waals surface area contributed by atoms with Crippen LogP contribution in [0.1, 0.15) is 105 Å². The molecule has 37 heavy (non-hydrogen) atoms. The minimum absolute atomic E-state index is 0.0263. The van der Waals surface area contributed by atoms with Gasteiger partial charge in [-0.3, -0.25) is 0 Å². The number of hydrogen-bond acceptors (Lipinski definition) is 0. The Morgan fingerprint density at radius 2 is 0.757 bits per heavy atom. The van der Waals surface area contributed by atoms with Gasteiger partial charge in [-0.25, -0.2) is 0 Å². The molecular formula is C36H43Br. The Kier molecular flexibility index (Phi) is 5.69. The molecule has 0 aliphatic carbocycles. The van der Waals surface area contributed by atoms with Crippen LogP contribution < -0.4 is 0 Å². The molecule has 0 amide bonds. The van der Waals surface area contributed by atoms with Crippen LogP contribution in [0.4, 0.5) is 0 Å². The number of hydrogen-bond donors (Lipinski definition) is 0. The topological polar surface area (TPSA) is 0 Å². The van der Waals surface area contributed by atoms with Crippen molar-refractivity contribution in [2.75, 3.05) is 0 Å². The van der Waals surface area contributed by atoms with Gasteiger partial charge in [0, 0.05) is 4.47 Å². The maximum absolute atomic E-state index is 4.11. The second-order valence-corrected chi connectivity index (χ2v) is 16.2. The van der Waals surface area contributed by atoms with E-state index in [1.165, 1.54) is 69.8 Å². The van der Waals surface area contributed by atoms with Gasteiger partial charge < -0.3 is 0 Å². The summed E-state index contributed by atoms with van der Waals surface area (Å²) in [6.07, 6.45) is 0. The van der Waals surface area contributed by atoms with Gasteiger partial charge in [0.1, 0.15) is 0 Å². The lowest BCUT2D eigenvalue weighted by Gasteiger charge is -2.29. The first kappa shape index (κ1) is 26.5. The van der Waals surface area contributed by atoms with Crippen LogP contribution in [0.2, 0.25) is 0 Å². The molecule has 0 spiro atoms. The quantitative estimate of drug-likeness (QED) is 0.132. The van der Waals surface area contributed by atoms with E-state index >= 15 is 0 Å². The van der Waals surface area contributed by atoms with Gasteiger partial charge in [-0.2, -0.15) is 0 Å². The number of fused-ring (bicyclic) bond motifs is 2. The van der Waals surface area contributed by atoms with Gasteiger partial charge in [0.25, 0.3) is 0 Å². The van der Waals surface area contributed by atoms with Gasteiger partial charge in [0.2, 0.25) is 0 Å². The molecule has 0 fully saturated rings. The summed E-state index contributed by atoms with van der Waals surface area (Å²) in [6.45, 7) is 28.0. The molecule has 0 bridgehead atoms. The lowest BCUT2D eigenvalue weighted by Crippen LogP contribution is -2.15. The molecule has 0 saturated heterocycles. The first-order chi connectivity index (χ1) is 16.8. The molecule has 0 aliphatic rings. The molecule has 0 aliphatic heterocycles. The Balaban J connectivity index is 2.18. The molecule has 0 atom stereocenters. The van der Waals surface area contributed by atoms with E-state index in [1.807, 2.05) is 0 Å². The fourth-order valence-corrected chi connectivity index (χ4v) is 6.76. The summed E-state index contributed by atoms with van der Waals surface area (Å²) in [5, 5.41) is 11.0. The Bertz CT molecular complexity index is 1620. The molecule has 0 nitrogen and oxygen atoms in total. The second-order valence-electron chi connectivity index (χ2n) is 15.4. The zero-order chi connectivity index (χ0) is 27.5. The maximum Gasteiger partial charge on any atom is 0.0291 e. The fourth-order valence-electron chi connectivity index (χ4n) is 5.74. The number of rotatable bonds is 0. The zero-order valence-corrected chi connectivity index (χ0v) is 26.5. The van der Waals surface area contributed by atoms with Crippen molar-refractivity contribution in [3.63, 3.8) is 0 Å². The fraction of sp³-hybridized carbons (Fsp3) is 0.444. The van der Waals surface area contributed by atoms with Gasteiger partial charge in [0.05, 0.1) is 0 Å². The van der Waals surface area contributed by atoms with E-state index < -0.39 is 0 Å². The number of benzene rings is 5. The Hall–Kier alpha value is -2.12. The minimum Gasteiger partial charge on any atom is -0.0561 e. The SMILES string of the molecule is CC(C)(C)c1cc2cc(C(C)(C)C)cc3c4cc(C(C)(C)C)c(Br)c5cc(C(C)(C)C)cc(c(c1)c23)c54. The van der Waals surface area contributed by atoms with Crippen LogP contribution in [0.5, 0.6) is 0 Å². The third-order valence-corrected chi connectivity index (χ3v) is 9.06. The van der Waals surface area contributed by atoms with E-state index in [0.29, 0.717) is 0 Å². The highest BCUT2D eigenvalue weighted by Gasteiger charge is 2.27. The molecule has 1 heteroatoms. The summed E-state index contributed by atoms with van der Waals surface area (Å²) in [6, 6.07) is 17.3. The highest BCUT2D eigenvalue weighted by molar-refractivity contribution is 9.10. The van der Waals surface area contributed by atoms with Crippen molar-refractivity contribution in [1.29, 1.82) is 0 Å². The Morgan fingerprint density at radius 3 is 1.16 bits per heavy atom. The van der Waals surface area contributed by atoms with Crippen molar-refractivity contribution < 1.29 is 0 Å². The third kappa shape index (κ3) is 4.26. The molecule has 0 aromatic heterocycles. The average molecular weight is 556 g/mol. The van der Waals surface area contributed by atoms with Crippen molar-refractivity contribution in [2.45, 2.75) is 105 Å². The van der Waals surface area contributed by atoms with E-state index in [9.17, 15) is 0 Å². The predicted octanol–water partition coefficient (Wildman–Crippen LogP) is 11.7. The first-order valence-corrected chi connectivity index (χ1v) is 14.5. The highest BCUT2D eigenvalue weighted by atomic mass is 79.9. The average Bonchev–Trinajstić information content (AvgIpc) is 2.74. The number of halogens is 1. The van der Waals surface area contributed by atoms with Crippen LogP contribution in [0.3, 0.4) is 0 Å². The van der Waals surface area contributed by atoms with Crippen LogP contribution in [-0.4, -0.2) is 0 Å². The van der Waals surface area contributed by atoms with Crippen LogP contribution in [-0.2, 0) is 21.7 Å². The van der Waals surface area contributed by atoms with Crippen molar-refractivity contribution in [1.82, 2.24) is 0 Å². The molecule has 0 saturated carbocycles. The van der Waals surface area contributed by atoms with Gasteiger partial charge in [0.15, 0.2) is 0 Å². The Morgan fingerprint density at radius 1 is 0.405 bits per heavy atom. The van der Waals surface area contributed by atoms with Gasteiger partial charge in [-0.05, 0) is 133 Å². The van der Waals surface area contributed by atoms with E-state index in [-0.39, 0.29) is 21.7 Å². The standard InChI is InChI=1S/C36H43Br/c1-33(2,3)21-13-20-14-22(34(4,5)6)16-25-27-19-29(36(10,11)12)32(37)28-18-23(35(7,8)9)17-26(31(27)28)24(15-21)30(20)25/h13-19H,1-12H3. The smallest absolute Gasteiger partial charge is 0.0291 e. The lowest BCUT2D eigenvalue weighted by molar-refractivity contribution is 0.587. The summed E-state index contributed by atoms with van der Waals surface area (Å²) in [5.41, 5.74) is 5.77. The second kappa shape index (κ2) is 7.95. The summed E-state index contributed by atoms with van der Waals surface area (Å²) in [7, 11) is 0. The van der Waals surface area contributed by atoms with Crippen molar-refractivity contribution in [3.8, 4) is 0 Å². The molecule has 0 heterocycles. The van der Waals surface area contributed by atoms with E-state index in [1.54, 1.807) is 0 Å². The Labute approximate surface area is 232 Å². The van der Waals surface area contributed by atoms with Gasteiger partial charge in [-0.1, -0.05) is 95.2 Å². The molecule has 0 N–H and O–H groups in total. The van der Waals surface area contributed by atoms with E-state index in [2.05, 4.69) is 141 Å². The summed E-state index contributed by atoms with van der Waals surface area (Å²) < 4.78 is 1.24. The van der Waals surface area contributed by atoms with Crippen molar-refractivity contribution >= 4 is 59.0 Å².